The second kappa shape index (κ2) is 6.36. The fourth-order valence-electron chi connectivity index (χ4n) is 2.58. The van der Waals surface area contributed by atoms with Crippen molar-refractivity contribution < 1.29 is 9.66 Å². The number of hydrogen-bond acceptors (Lipinski definition) is 4. The van der Waals surface area contributed by atoms with Crippen LogP contribution in [0.25, 0.3) is 10.8 Å². The Bertz CT molecular complexity index is 857. The molecule has 5 heteroatoms. The average molecular weight is 308 g/mol. The molecule has 0 amide bonds. The number of methoxy groups -OCH3 is 1. The number of benzene rings is 3. The predicted molar refractivity (Wildman–Crippen MR) is 90.9 cm³/mol. The first-order valence-corrected chi connectivity index (χ1v) is 7.22. The first-order valence-electron chi connectivity index (χ1n) is 7.22. The molecule has 3 rings (SSSR count). The third-order valence-electron chi connectivity index (χ3n) is 3.74. The second-order valence-electron chi connectivity index (χ2n) is 5.13. The molecule has 0 saturated carbocycles. The number of fused-ring (bicyclic) bond motifs is 1. The highest BCUT2D eigenvalue weighted by atomic mass is 16.6. The Balaban J connectivity index is 1.90. The van der Waals surface area contributed by atoms with Crippen LogP contribution in [-0.4, -0.2) is 12.0 Å². The molecule has 0 bridgehead atoms. The first kappa shape index (κ1) is 14.8. The molecule has 23 heavy (non-hydrogen) atoms. The van der Waals surface area contributed by atoms with Crippen LogP contribution in [0.5, 0.6) is 5.75 Å². The summed E-state index contributed by atoms with van der Waals surface area (Å²) in [5.41, 5.74) is 1.76. The maximum Gasteiger partial charge on any atom is 0.271 e. The molecule has 0 aliphatic heterocycles. The summed E-state index contributed by atoms with van der Waals surface area (Å²) in [5.74, 6) is 0.579. The number of rotatable bonds is 5. The molecule has 116 valence electrons. The fourth-order valence-corrected chi connectivity index (χ4v) is 2.58. The van der Waals surface area contributed by atoms with E-state index in [4.69, 9.17) is 4.74 Å². The molecule has 0 spiro atoms. The number of nitrogens with one attached hydrogen (secondary N) is 1. The Kier molecular flexibility index (Phi) is 4.10. The first-order chi connectivity index (χ1) is 11.2. The van der Waals surface area contributed by atoms with E-state index in [-0.39, 0.29) is 5.69 Å². The zero-order valence-electron chi connectivity index (χ0n) is 12.7. The zero-order chi connectivity index (χ0) is 16.2. The molecular formula is C18H16N2O3. The predicted octanol–water partition coefficient (Wildman–Crippen LogP) is 4.37. The van der Waals surface area contributed by atoms with Crippen LogP contribution in [0.4, 0.5) is 11.4 Å². The van der Waals surface area contributed by atoms with Crippen molar-refractivity contribution in [1.29, 1.82) is 0 Å². The van der Waals surface area contributed by atoms with E-state index >= 15 is 0 Å². The molecule has 0 heterocycles. The summed E-state index contributed by atoms with van der Waals surface area (Å²) in [6, 6.07) is 18.8. The van der Waals surface area contributed by atoms with Crippen molar-refractivity contribution in [3.63, 3.8) is 0 Å². The number of nitro benzene ring substituents is 1. The summed E-state index contributed by atoms with van der Waals surface area (Å²) in [4.78, 5) is 10.5. The molecule has 0 aliphatic rings. The van der Waals surface area contributed by atoms with E-state index in [9.17, 15) is 10.1 Å². The maximum absolute atomic E-state index is 10.9. The Morgan fingerprint density at radius 1 is 1.09 bits per heavy atom. The third kappa shape index (κ3) is 3.08. The van der Waals surface area contributed by atoms with Crippen LogP contribution >= 0.6 is 0 Å². The fraction of sp³-hybridized carbons (Fsp3) is 0.111. The number of anilines is 1. The van der Waals surface area contributed by atoms with Gasteiger partial charge in [-0.25, -0.2) is 0 Å². The Morgan fingerprint density at radius 2 is 1.87 bits per heavy atom. The van der Waals surface area contributed by atoms with Gasteiger partial charge in [0.05, 0.1) is 17.7 Å². The van der Waals surface area contributed by atoms with E-state index < -0.39 is 4.92 Å². The summed E-state index contributed by atoms with van der Waals surface area (Å²) in [7, 11) is 1.55. The lowest BCUT2D eigenvalue weighted by atomic mass is 10.0. The molecule has 0 radical (unpaired) electrons. The lowest BCUT2D eigenvalue weighted by molar-refractivity contribution is -0.384. The SMILES string of the molecule is COc1ccc([N+](=O)[O-])cc1NCc1cccc2ccccc12. The van der Waals surface area contributed by atoms with Crippen molar-refractivity contribution in [3.8, 4) is 5.75 Å². The van der Waals surface area contributed by atoms with Crippen LogP contribution in [-0.2, 0) is 6.54 Å². The highest BCUT2D eigenvalue weighted by Crippen LogP contribution is 2.30. The Labute approximate surface area is 133 Å². The van der Waals surface area contributed by atoms with E-state index in [0.29, 0.717) is 18.0 Å². The van der Waals surface area contributed by atoms with Gasteiger partial charge in [0.15, 0.2) is 0 Å². The van der Waals surface area contributed by atoms with Gasteiger partial charge in [0.25, 0.3) is 5.69 Å². The number of ether oxygens (including phenoxy) is 1. The van der Waals surface area contributed by atoms with Gasteiger partial charge in [-0.3, -0.25) is 10.1 Å². The average Bonchev–Trinajstić information content (AvgIpc) is 2.59. The van der Waals surface area contributed by atoms with Crippen LogP contribution in [0.3, 0.4) is 0 Å². The van der Waals surface area contributed by atoms with Gasteiger partial charge in [-0.1, -0.05) is 42.5 Å². The van der Waals surface area contributed by atoms with Crippen molar-refractivity contribution in [3.05, 3.63) is 76.3 Å². The molecule has 0 atom stereocenters. The molecule has 0 saturated heterocycles. The number of nitrogens with zero attached hydrogens (tertiary/aromatic N) is 1. The highest BCUT2D eigenvalue weighted by molar-refractivity contribution is 5.85. The van der Waals surface area contributed by atoms with Gasteiger partial charge in [0, 0.05) is 18.7 Å². The standard InChI is InChI=1S/C18H16N2O3/c1-23-18-10-9-15(20(21)22)11-17(18)19-12-14-7-4-6-13-5-2-3-8-16(13)14/h2-11,19H,12H2,1H3. The minimum absolute atomic E-state index is 0.0335. The van der Waals surface area contributed by atoms with Crippen molar-refractivity contribution in [1.82, 2.24) is 0 Å². The topological polar surface area (TPSA) is 64.4 Å². The van der Waals surface area contributed by atoms with Gasteiger partial charge in [-0.15, -0.1) is 0 Å². The van der Waals surface area contributed by atoms with Crippen LogP contribution in [0.2, 0.25) is 0 Å². The van der Waals surface area contributed by atoms with Crippen LogP contribution in [0.1, 0.15) is 5.56 Å². The molecule has 1 N–H and O–H groups in total. The maximum atomic E-state index is 10.9. The van der Waals surface area contributed by atoms with E-state index in [1.54, 1.807) is 13.2 Å². The quantitative estimate of drug-likeness (QED) is 0.561. The summed E-state index contributed by atoms with van der Waals surface area (Å²) < 4.78 is 5.27. The molecule has 5 nitrogen and oxygen atoms in total. The van der Waals surface area contributed by atoms with E-state index in [1.165, 1.54) is 12.1 Å². The summed E-state index contributed by atoms with van der Waals surface area (Å²) in [6.07, 6.45) is 0. The van der Waals surface area contributed by atoms with Crippen molar-refractivity contribution in [2.45, 2.75) is 6.54 Å². The van der Waals surface area contributed by atoms with Gasteiger partial charge in [-0.05, 0) is 22.4 Å². The van der Waals surface area contributed by atoms with E-state index in [0.717, 1.165) is 16.3 Å². The minimum Gasteiger partial charge on any atom is -0.495 e. The van der Waals surface area contributed by atoms with Crippen LogP contribution in [0, 0.1) is 10.1 Å². The lowest BCUT2D eigenvalue weighted by Gasteiger charge is -2.12. The Hall–Kier alpha value is -3.08. The van der Waals surface area contributed by atoms with Crippen molar-refractivity contribution in [2.24, 2.45) is 0 Å². The van der Waals surface area contributed by atoms with Gasteiger partial charge >= 0.3 is 0 Å². The largest absolute Gasteiger partial charge is 0.495 e. The van der Waals surface area contributed by atoms with Gasteiger partial charge in [-0.2, -0.15) is 0 Å². The van der Waals surface area contributed by atoms with Crippen LogP contribution < -0.4 is 10.1 Å². The summed E-state index contributed by atoms with van der Waals surface area (Å²) >= 11 is 0. The molecule has 0 aromatic heterocycles. The number of nitro groups is 1. The highest BCUT2D eigenvalue weighted by Gasteiger charge is 2.11. The Morgan fingerprint density at radius 3 is 2.65 bits per heavy atom. The normalized spacial score (nSPS) is 10.5. The van der Waals surface area contributed by atoms with Crippen molar-refractivity contribution in [2.75, 3.05) is 12.4 Å². The molecule has 0 unspecified atom stereocenters. The minimum atomic E-state index is -0.414. The number of non-ortho nitro benzene ring substituents is 1. The van der Waals surface area contributed by atoms with Gasteiger partial charge in [0.2, 0.25) is 0 Å². The van der Waals surface area contributed by atoms with E-state index in [1.807, 2.05) is 24.3 Å². The van der Waals surface area contributed by atoms with E-state index in [2.05, 4.69) is 23.5 Å². The number of hydrogen-bond donors (Lipinski definition) is 1. The molecule has 3 aromatic carbocycles. The van der Waals surface area contributed by atoms with Crippen molar-refractivity contribution >= 4 is 22.1 Å². The molecule has 0 aliphatic carbocycles. The summed E-state index contributed by atoms with van der Waals surface area (Å²) in [5, 5.41) is 16.5. The molecular weight excluding hydrogens is 292 g/mol. The third-order valence-corrected chi connectivity index (χ3v) is 3.74. The van der Waals surface area contributed by atoms with Gasteiger partial charge in [0.1, 0.15) is 5.75 Å². The zero-order valence-corrected chi connectivity index (χ0v) is 12.7. The summed E-state index contributed by atoms with van der Waals surface area (Å²) in [6.45, 7) is 0.554. The smallest absolute Gasteiger partial charge is 0.271 e. The molecule has 3 aromatic rings. The monoisotopic (exact) mass is 308 g/mol. The van der Waals surface area contributed by atoms with Crippen LogP contribution in [0.15, 0.2) is 60.7 Å². The molecule has 0 fully saturated rings. The lowest BCUT2D eigenvalue weighted by Crippen LogP contribution is -2.02. The second-order valence-corrected chi connectivity index (χ2v) is 5.13. The van der Waals surface area contributed by atoms with Gasteiger partial charge < -0.3 is 10.1 Å².